The van der Waals surface area contributed by atoms with Crippen molar-refractivity contribution in [3.63, 3.8) is 0 Å². The fourth-order valence-corrected chi connectivity index (χ4v) is 1.67. The third-order valence-corrected chi connectivity index (χ3v) is 2.78. The van der Waals surface area contributed by atoms with Crippen LogP contribution >= 0.6 is 0 Å². The van der Waals surface area contributed by atoms with Crippen LogP contribution in [-0.4, -0.2) is 50.1 Å². The summed E-state index contributed by atoms with van der Waals surface area (Å²) in [5.74, 6) is 1.02. The van der Waals surface area contributed by atoms with Crippen molar-refractivity contribution >= 4 is 0 Å². The van der Waals surface area contributed by atoms with Gasteiger partial charge in [0.2, 0.25) is 0 Å². The minimum atomic E-state index is -2.81. The lowest BCUT2D eigenvalue weighted by molar-refractivity contribution is -0.00465. The van der Waals surface area contributed by atoms with Crippen molar-refractivity contribution < 1.29 is 28.5 Å². The summed E-state index contributed by atoms with van der Waals surface area (Å²) in [7, 11) is 2.96. The molecule has 1 aromatic rings. The molecular formula is C13H19F2NO4. The van der Waals surface area contributed by atoms with Crippen LogP contribution in [0.1, 0.15) is 11.7 Å². The van der Waals surface area contributed by atoms with Crippen molar-refractivity contribution in [3.8, 4) is 11.5 Å². The zero-order chi connectivity index (χ0) is 15.1. The monoisotopic (exact) mass is 291 g/mol. The third-order valence-electron chi connectivity index (χ3n) is 2.78. The van der Waals surface area contributed by atoms with E-state index in [0.717, 1.165) is 0 Å². The van der Waals surface area contributed by atoms with Gasteiger partial charge in [-0.05, 0) is 18.2 Å². The molecule has 2 unspecified atom stereocenters. The zero-order valence-electron chi connectivity index (χ0n) is 11.3. The van der Waals surface area contributed by atoms with E-state index in [1.807, 2.05) is 0 Å². The van der Waals surface area contributed by atoms with E-state index in [9.17, 15) is 13.9 Å². The van der Waals surface area contributed by atoms with E-state index in [-0.39, 0.29) is 13.1 Å². The molecule has 5 nitrogen and oxygen atoms in total. The number of nitrogens with one attached hydrogen (secondary N) is 1. The van der Waals surface area contributed by atoms with Gasteiger partial charge in [-0.3, -0.25) is 0 Å². The maximum Gasteiger partial charge on any atom is 0.265 e. The molecule has 0 aliphatic rings. The predicted molar refractivity (Wildman–Crippen MR) is 69.4 cm³/mol. The molecular weight excluding hydrogens is 272 g/mol. The second kappa shape index (κ2) is 7.98. The molecule has 0 amide bonds. The topological polar surface area (TPSA) is 71.0 Å². The van der Waals surface area contributed by atoms with Crippen molar-refractivity contribution in [1.82, 2.24) is 5.32 Å². The first-order valence-electron chi connectivity index (χ1n) is 6.06. The van der Waals surface area contributed by atoms with Gasteiger partial charge < -0.3 is 25.0 Å². The summed E-state index contributed by atoms with van der Waals surface area (Å²) in [4.78, 5) is 0. The zero-order valence-corrected chi connectivity index (χ0v) is 11.3. The van der Waals surface area contributed by atoms with Crippen LogP contribution in [0.4, 0.5) is 8.78 Å². The van der Waals surface area contributed by atoms with Crippen LogP contribution in [0.5, 0.6) is 11.5 Å². The largest absolute Gasteiger partial charge is 0.497 e. The SMILES string of the molecule is COc1ccc(OC)c(C(O)CNCC(O)C(F)F)c1. The second-order valence-corrected chi connectivity index (χ2v) is 4.18. The summed E-state index contributed by atoms with van der Waals surface area (Å²) in [5.41, 5.74) is 0.478. The smallest absolute Gasteiger partial charge is 0.265 e. The third kappa shape index (κ3) is 4.59. The highest BCUT2D eigenvalue weighted by molar-refractivity contribution is 5.41. The Morgan fingerprint density at radius 2 is 1.85 bits per heavy atom. The summed E-state index contributed by atoms with van der Waals surface area (Å²) in [5, 5.41) is 21.6. The summed E-state index contributed by atoms with van der Waals surface area (Å²) < 4.78 is 34.4. The Kier molecular flexibility index (Phi) is 6.63. The lowest BCUT2D eigenvalue weighted by atomic mass is 10.1. The van der Waals surface area contributed by atoms with E-state index in [1.54, 1.807) is 18.2 Å². The summed E-state index contributed by atoms with van der Waals surface area (Å²) >= 11 is 0. The summed E-state index contributed by atoms with van der Waals surface area (Å²) in [6.07, 6.45) is -5.54. The van der Waals surface area contributed by atoms with Crippen LogP contribution in [0.2, 0.25) is 0 Å². The minimum Gasteiger partial charge on any atom is -0.497 e. The average molecular weight is 291 g/mol. The molecule has 20 heavy (non-hydrogen) atoms. The van der Waals surface area contributed by atoms with Crippen molar-refractivity contribution in [3.05, 3.63) is 23.8 Å². The van der Waals surface area contributed by atoms with Crippen LogP contribution in [0, 0.1) is 0 Å². The van der Waals surface area contributed by atoms with Gasteiger partial charge in [-0.2, -0.15) is 0 Å². The molecule has 0 spiro atoms. The highest BCUT2D eigenvalue weighted by Gasteiger charge is 2.18. The molecule has 0 fully saturated rings. The molecule has 0 aliphatic carbocycles. The van der Waals surface area contributed by atoms with Gasteiger partial charge in [-0.1, -0.05) is 0 Å². The minimum absolute atomic E-state index is 0.00725. The normalized spacial score (nSPS) is 14.2. The molecule has 0 bridgehead atoms. The first-order valence-corrected chi connectivity index (χ1v) is 6.06. The molecule has 2 atom stereocenters. The van der Waals surface area contributed by atoms with Gasteiger partial charge in [0.05, 0.1) is 20.3 Å². The standard InChI is InChI=1S/C13H19F2NO4/c1-19-8-3-4-12(20-2)9(5-8)10(17)6-16-7-11(18)13(14)15/h3-5,10-11,13,16-18H,6-7H2,1-2H3. The van der Waals surface area contributed by atoms with E-state index in [4.69, 9.17) is 14.6 Å². The Hall–Kier alpha value is -1.44. The van der Waals surface area contributed by atoms with Gasteiger partial charge >= 0.3 is 0 Å². The molecule has 3 N–H and O–H groups in total. The number of methoxy groups -OCH3 is 2. The predicted octanol–water partition coefficient (Wildman–Crippen LogP) is 0.953. The van der Waals surface area contributed by atoms with Crippen LogP contribution in [0.15, 0.2) is 18.2 Å². The second-order valence-electron chi connectivity index (χ2n) is 4.18. The van der Waals surface area contributed by atoms with Gasteiger partial charge in [0.25, 0.3) is 6.43 Å². The molecule has 0 aliphatic heterocycles. The first-order chi connectivity index (χ1) is 9.49. The molecule has 0 aromatic heterocycles. The fraction of sp³-hybridized carbons (Fsp3) is 0.538. The van der Waals surface area contributed by atoms with E-state index in [1.165, 1.54) is 14.2 Å². The molecule has 7 heteroatoms. The number of benzene rings is 1. The Labute approximate surface area is 116 Å². The van der Waals surface area contributed by atoms with Gasteiger partial charge in [-0.25, -0.2) is 8.78 Å². The van der Waals surface area contributed by atoms with Crippen molar-refractivity contribution in [2.45, 2.75) is 18.6 Å². The van der Waals surface area contributed by atoms with Crippen LogP contribution in [-0.2, 0) is 0 Å². The van der Waals surface area contributed by atoms with Crippen LogP contribution in [0.3, 0.4) is 0 Å². The summed E-state index contributed by atoms with van der Waals surface area (Å²) in [6.45, 7) is -0.297. The average Bonchev–Trinajstić information content (AvgIpc) is 2.45. The fourth-order valence-electron chi connectivity index (χ4n) is 1.67. The number of aliphatic hydroxyl groups is 2. The molecule has 1 aromatic carbocycles. The molecule has 0 heterocycles. The molecule has 1 rings (SSSR count). The van der Waals surface area contributed by atoms with Crippen molar-refractivity contribution in [1.29, 1.82) is 0 Å². The van der Waals surface area contributed by atoms with Crippen molar-refractivity contribution in [2.24, 2.45) is 0 Å². The van der Waals surface area contributed by atoms with Crippen LogP contribution in [0.25, 0.3) is 0 Å². The number of rotatable bonds is 8. The van der Waals surface area contributed by atoms with E-state index in [0.29, 0.717) is 17.1 Å². The maximum atomic E-state index is 12.1. The van der Waals surface area contributed by atoms with Crippen LogP contribution < -0.4 is 14.8 Å². The van der Waals surface area contributed by atoms with Gasteiger partial charge in [0, 0.05) is 18.7 Å². The Morgan fingerprint density at radius 3 is 2.40 bits per heavy atom. The Bertz CT molecular complexity index is 417. The lowest BCUT2D eigenvalue weighted by Crippen LogP contribution is -2.34. The van der Waals surface area contributed by atoms with E-state index < -0.39 is 18.6 Å². The lowest BCUT2D eigenvalue weighted by Gasteiger charge is -2.17. The first kappa shape index (κ1) is 16.6. The molecule has 114 valence electrons. The Balaban J connectivity index is 2.64. The molecule has 0 saturated heterocycles. The highest BCUT2D eigenvalue weighted by Crippen LogP contribution is 2.29. The maximum absolute atomic E-state index is 12.1. The summed E-state index contributed by atoms with van der Waals surface area (Å²) in [6, 6.07) is 4.93. The quantitative estimate of drug-likeness (QED) is 0.665. The number of aliphatic hydroxyl groups excluding tert-OH is 2. The highest BCUT2D eigenvalue weighted by atomic mass is 19.3. The number of alkyl halides is 2. The van der Waals surface area contributed by atoms with E-state index in [2.05, 4.69) is 5.32 Å². The number of halogens is 2. The number of hydrogen-bond donors (Lipinski definition) is 3. The van der Waals surface area contributed by atoms with Crippen molar-refractivity contribution in [2.75, 3.05) is 27.3 Å². The van der Waals surface area contributed by atoms with E-state index >= 15 is 0 Å². The van der Waals surface area contributed by atoms with Gasteiger partial charge in [-0.15, -0.1) is 0 Å². The Morgan fingerprint density at radius 1 is 1.15 bits per heavy atom. The number of hydrogen-bond acceptors (Lipinski definition) is 5. The molecule has 0 radical (unpaired) electrons. The number of ether oxygens (including phenoxy) is 2. The van der Waals surface area contributed by atoms with Gasteiger partial charge in [0.1, 0.15) is 17.6 Å². The molecule has 0 saturated carbocycles. The van der Waals surface area contributed by atoms with Gasteiger partial charge in [0.15, 0.2) is 0 Å².